The molecule has 2 amide bonds. The van der Waals surface area contributed by atoms with E-state index in [0.29, 0.717) is 27.1 Å². The number of thiophene rings is 1. The van der Waals surface area contributed by atoms with Gasteiger partial charge in [0.1, 0.15) is 16.4 Å². The zero-order valence-electron chi connectivity index (χ0n) is 18.2. The van der Waals surface area contributed by atoms with Crippen molar-refractivity contribution in [3.05, 3.63) is 76.7 Å². The van der Waals surface area contributed by atoms with Crippen LogP contribution in [0.15, 0.2) is 65.8 Å². The van der Waals surface area contributed by atoms with E-state index in [4.69, 9.17) is 10.7 Å². The molecular formula is C25H21N5O2S2. The summed E-state index contributed by atoms with van der Waals surface area (Å²) >= 11 is 2.64. The van der Waals surface area contributed by atoms with Crippen LogP contribution in [0.2, 0.25) is 0 Å². The van der Waals surface area contributed by atoms with Gasteiger partial charge in [-0.05, 0) is 24.8 Å². The first-order valence-corrected chi connectivity index (χ1v) is 12.6. The zero-order valence-corrected chi connectivity index (χ0v) is 19.8. The molecule has 0 unspecified atom stereocenters. The van der Waals surface area contributed by atoms with Gasteiger partial charge in [0.25, 0.3) is 5.91 Å². The molecule has 0 atom stereocenters. The van der Waals surface area contributed by atoms with E-state index in [2.05, 4.69) is 15.5 Å². The molecule has 0 bridgehead atoms. The van der Waals surface area contributed by atoms with Crippen molar-refractivity contribution in [3.63, 3.8) is 0 Å². The number of rotatable bonds is 7. The number of nitrogens with one attached hydrogen (secondary N) is 1. The average Bonchev–Trinajstić information content (AvgIpc) is 3.44. The number of carbonyl (C=O) groups excluding carboxylic acids is 2. The number of aromatic nitrogens is 3. The molecule has 4 aromatic rings. The van der Waals surface area contributed by atoms with Gasteiger partial charge in [0.2, 0.25) is 11.1 Å². The van der Waals surface area contributed by atoms with Crippen LogP contribution in [0.25, 0.3) is 22.5 Å². The lowest BCUT2D eigenvalue weighted by molar-refractivity contribution is -0.113. The topological polar surface area (TPSA) is 111 Å². The second-order valence-electron chi connectivity index (χ2n) is 7.79. The van der Waals surface area contributed by atoms with Crippen molar-refractivity contribution in [1.29, 1.82) is 0 Å². The van der Waals surface area contributed by atoms with Gasteiger partial charge in [-0.2, -0.15) is 0 Å². The fourth-order valence-electron chi connectivity index (χ4n) is 4.01. The molecule has 1 aliphatic carbocycles. The molecule has 2 aromatic carbocycles. The summed E-state index contributed by atoms with van der Waals surface area (Å²) in [6.07, 6.45) is 2.75. The number of fused-ring (bicyclic) bond motifs is 1. The normalized spacial score (nSPS) is 12.4. The third-order valence-corrected chi connectivity index (χ3v) is 7.56. The summed E-state index contributed by atoms with van der Waals surface area (Å²) in [7, 11) is 0. The molecule has 9 heteroatoms. The molecule has 0 spiro atoms. The van der Waals surface area contributed by atoms with Crippen molar-refractivity contribution in [1.82, 2.24) is 15.2 Å². The average molecular weight is 488 g/mol. The first-order valence-electron chi connectivity index (χ1n) is 10.8. The number of primary amides is 1. The Morgan fingerprint density at radius 2 is 1.62 bits per heavy atom. The van der Waals surface area contributed by atoms with Gasteiger partial charge >= 0.3 is 0 Å². The van der Waals surface area contributed by atoms with Crippen molar-refractivity contribution in [2.75, 3.05) is 11.1 Å². The SMILES string of the molecule is NC(=O)c1c(NC(=O)CSc2nnc(-c3ccccc3)c(-c3ccccc3)n2)sc2c1CCC2. The van der Waals surface area contributed by atoms with Crippen molar-refractivity contribution < 1.29 is 9.59 Å². The summed E-state index contributed by atoms with van der Waals surface area (Å²) < 4.78 is 0. The van der Waals surface area contributed by atoms with Crippen LogP contribution >= 0.6 is 23.1 Å². The van der Waals surface area contributed by atoms with Gasteiger partial charge in [0.15, 0.2) is 0 Å². The third kappa shape index (κ3) is 4.57. The molecule has 0 radical (unpaired) electrons. The largest absolute Gasteiger partial charge is 0.365 e. The van der Waals surface area contributed by atoms with Crippen LogP contribution in [0.4, 0.5) is 5.00 Å². The molecule has 2 heterocycles. The van der Waals surface area contributed by atoms with Crippen LogP contribution in [-0.4, -0.2) is 32.7 Å². The Morgan fingerprint density at radius 3 is 2.29 bits per heavy atom. The Morgan fingerprint density at radius 1 is 0.941 bits per heavy atom. The van der Waals surface area contributed by atoms with E-state index in [1.54, 1.807) is 0 Å². The van der Waals surface area contributed by atoms with Crippen molar-refractivity contribution in [3.8, 4) is 22.5 Å². The second kappa shape index (κ2) is 9.74. The van der Waals surface area contributed by atoms with Gasteiger partial charge in [-0.1, -0.05) is 72.4 Å². The van der Waals surface area contributed by atoms with Gasteiger partial charge in [-0.3, -0.25) is 9.59 Å². The van der Waals surface area contributed by atoms with E-state index in [9.17, 15) is 9.59 Å². The molecule has 0 aliphatic heterocycles. The maximum atomic E-state index is 12.7. The predicted octanol–water partition coefficient (Wildman–Crippen LogP) is 4.59. The highest BCUT2D eigenvalue weighted by Gasteiger charge is 2.26. The minimum atomic E-state index is -0.501. The first kappa shape index (κ1) is 22.2. The fraction of sp³-hybridized carbons (Fsp3) is 0.160. The molecule has 34 heavy (non-hydrogen) atoms. The van der Waals surface area contributed by atoms with Gasteiger partial charge in [-0.15, -0.1) is 21.5 Å². The van der Waals surface area contributed by atoms with Crippen LogP contribution in [-0.2, 0) is 17.6 Å². The minimum absolute atomic E-state index is 0.0847. The van der Waals surface area contributed by atoms with Crippen LogP contribution in [0.5, 0.6) is 0 Å². The predicted molar refractivity (Wildman–Crippen MR) is 135 cm³/mol. The lowest BCUT2D eigenvalue weighted by Gasteiger charge is -2.09. The molecule has 7 nitrogen and oxygen atoms in total. The number of benzene rings is 2. The molecule has 0 saturated carbocycles. The lowest BCUT2D eigenvalue weighted by Crippen LogP contribution is -2.19. The quantitative estimate of drug-likeness (QED) is 0.369. The van der Waals surface area contributed by atoms with E-state index < -0.39 is 5.91 Å². The van der Waals surface area contributed by atoms with Gasteiger partial charge < -0.3 is 11.1 Å². The molecule has 1 aliphatic rings. The van der Waals surface area contributed by atoms with Crippen molar-refractivity contribution in [2.45, 2.75) is 24.4 Å². The van der Waals surface area contributed by atoms with Crippen LogP contribution in [0, 0.1) is 0 Å². The Kier molecular flexibility index (Phi) is 6.37. The summed E-state index contributed by atoms with van der Waals surface area (Å²) in [6, 6.07) is 19.5. The number of thioether (sulfide) groups is 1. The molecule has 5 rings (SSSR count). The number of nitrogens with two attached hydrogens (primary N) is 1. The van der Waals surface area contributed by atoms with E-state index in [1.165, 1.54) is 23.1 Å². The fourth-order valence-corrected chi connectivity index (χ4v) is 5.90. The van der Waals surface area contributed by atoms with E-state index >= 15 is 0 Å². The standard InChI is InChI=1S/C25H21N5O2S2/c26-23(32)20-17-12-7-13-18(17)34-24(20)27-19(31)14-33-25-28-21(15-8-3-1-4-9-15)22(29-30-25)16-10-5-2-6-11-16/h1-6,8-11H,7,12-14H2,(H2,26,32)(H,27,31). The zero-order chi connectivity index (χ0) is 23.5. The number of amides is 2. The van der Waals surface area contributed by atoms with Crippen LogP contribution in [0.1, 0.15) is 27.2 Å². The van der Waals surface area contributed by atoms with E-state index in [1.807, 2.05) is 60.7 Å². The molecule has 0 saturated heterocycles. The second-order valence-corrected chi connectivity index (χ2v) is 9.83. The summed E-state index contributed by atoms with van der Waals surface area (Å²) in [5.74, 6) is -0.662. The number of hydrogen-bond acceptors (Lipinski definition) is 7. The maximum Gasteiger partial charge on any atom is 0.251 e. The highest BCUT2D eigenvalue weighted by Crippen LogP contribution is 2.39. The molecule has 3 N–H and O–H groups in total. The number of hydrogen-bond donors (Lipinski definition) is 2. The Labute approximate surface area is 204 Å². The number of nitrogens with zero attached hydrogens (tertiary/aromatic N) is 3. The molecule has 170 valence electrons. The highest BCUT2D eigenvalue weighted by atomic mass is 32.2. The molecular weight excluding hydrogens is 466 g/mol. The monoisotopic (exact) mass is 487 g/mol. The van der Waals surface area contributed by atoms with Crippen molar-refractivity contribution >= 4 is 39.9 Å². The van der Waals surface area contributed by atoms with Gasteiger partial charge in [0, 0.05) is 16.0 Å². The third-order valence-electron chi connectivity index (χ3n) is 5.51. The summed E-state index contributed by atoms with van der Waals surface area (Å²) in [4.78, 5) is 30.5. The van der Waals surface area contributed by atoms with E-state index in [0.717, 1.165) is 40.8 Å². The molecule has 2 aromatic heterocycles. The Bertz CT molecular complexity index is 1360. The maximum absolute atomic E-state index is 12.7. The Balaban J connectivity index is 1.35. The number of carbonyl (C=O) groups is 2. The van der Waals surface area contributed by atoms with Gasteiger partial charge in [-0.25, -0.2) is 4.98 Å². The summed E-state index contributed by atoms with van der Waals surface area (Å²) in [5.41, 5.74) is 10.2. The number of anilines is 1. The smallest absolute Gasteiger partial charge is 0.251 e. The molecule has 0 fully saturated rings. The van der Waals surface area contributed by atoms with E-state index in [-0.39, 0.29) is 11.7 Å². The summed E-state index contributed by atoms with van der Waals surface area (Å²) in [6.45, 7) is 0. The van der Waals surface area contributed by atoms with Crippen molar-refractivity contribution in [2.24, 2.45) is 5.73 Å². The summed E-state index contributed by atoms with van der Waals surface area (Å²) in [5, 5.41) is 12.5. The highest BCUT2D eigenvalue weighted by molar-refractivity contribution is 7.99. The lowest BCUT2D eigenvalue weighted by atomic mass is 10.0. The van der Waals surface area contributed by atoms with Crippen LogP contribution in [0.3, 0.4) is 0 Å². The minimum Gasteiger partial charge on any atom is -0.365 e. The first-order chi connectivity index (χ1) is 16.6. The van der Waals surface area contributed by atoms with Gasteiger partial charge in [0.05, 0.1) is 11.3 Å². The van der Waals surface area contributed by atoms with Crippen LogP contribution < -0.4 is 11.1 Å². The number of aryl methyl sites for hydroxylation is 1. The Hall–Kier alpha value is -3.56.